The molecular weight excluding hydrogens is 304 g/mol. The molecule has 0 spiro atoms. The lowest BCUT2D eigenvalue weighted by atomic mass is 9.86. The van der Waals surface area contributed by atoms with E-state index in [-0.39, 0.29) is 17.7 Å². The highest BCUT2D eigenvalue weighted by molar-refractivity contribution is 5.89. The zero-order valence-electron chi connectivity index (χ0n) is 14.3. The Morgan fingerprint density at radius 1 is 1.17 bits per heavy atom. The van der Waals surface area contributed by atoms with Gasteiger partial charge in [0.05, 0.1) is 0 Å². The van der Waals surface area contributed by atoms with Crippen LogP contribution in [0, 0.1) is 11.8 Å². The predicted molar refractivity (Wildman–Crippen MR) is 92.5 cm³/mol. The standard InChI is InChI=1S/C18H28N4O2/c23-17(7-4-10-19-18(24)14-8-9-14)20-16-12-15(21-22-16)11-13-5-2-1-3-6-13/h12-14H,1-11H2,(H,19,24)(H2,20,21,22,23). The molecule has 1 heterocycles. The lowest BCUT2D eigenvalue weighted by Crippen LogP contribution is -2.26. The highest BCUT2D eigenvalue weighted by atomic mass is 16.2. The van der Waals surface area contributed by atoms with E-state index in [0.717, 1.165) is 30.9 Å². The van der Waals surface area contributed by atoms with Crippen LogP contribution < -0.4 is 10.6 Å². The second-order valence-electron chi connectivity index (χ2n) is 7.20. The molecule has 2 saturated carbocycles. The van der Waals surface area contributed by atoms with Crippen molar-refractivity contribution in [1.29, 1.82) is 0 Å². The van der Waals surface area contributed by atoms with Gasteiger partial charge in [0, 0.05) is 30.6 Å². The van der Waals surface area contributed by atoms with Crippen LogP contribution in [0.5, 0.6) is 0 Å². The maximum absolute atomic E-state index is 11.9. The molecule has 0 radical (unpaired) electrons. The molecular formula is C18H28N4O2. The number of rotatable bonds is 8. The Bertz CT molecular complexity index is 559. The zero-order valence-corrected chi connectivity index (χ0v) is 14.3. The van der Waals surface area contributed by atoms with Gasteiger partial charge in [-0.25, -0.2) is 0 Å². The fraction of sp³-hybridized carbons (Fsp3) is 0.722. The lowest BCUT2D eigenvalue weighted by molar-refractivity contribution is -0.122. The first-order valence-corrected chi connectivity index (χ1v) is 9.32. The third-order valence-corrected chi connectivity index (χ3v) is 4.96. The molecule has 24 heavy (non-hydrogen) atoms. The van der Waals surface area contributed by atoms with Gasteiger partial charge in [-0.3, -0.25) is 14.7 Å². The Hall–Kier alpha value is -1.85. The third kappa shape index (κ3) is 5.35. The summed E-state index contributed by atoms with van der Waals surface area (Å²) in [6.45, 7) is 0.566. The van der Waals surface area contributed by atoms with Gasteiger partial charge >= 0.3 is 0 Å². The average molecular weight is 332 g/mol. The number of nitrogens with one attached hydrogen (secondary N) is 3. The van der Waals surface area contributed by atoms with E-state index in [1.165, 1.54) is 32.1 Å². The minimum Gasteiger partial charge on any atom is -0.356 e. The van der Waals surface area contributed by atoms with Crippen molar-refractivity contribution in [3.8, 4) is 0 Å². The third-order valence-electron chi connectivity index (χ3n) is 4.96. The molecule has 3 rings (SSSR count). The smallest absolute Gasteiger partial charge is 0.225 e. The van der Waals surface area contributed by atoms with Crippen molar-refractivity contribution < 1.29 is 9.59 Å². The average Bonchev–Trinajstić information content (AvgIpc) is 3.35. The molecule has 6 nitrogen and oxygen atoms in total. The van der Waals surface area contributed by atoms with Gasteiger partial charge in [0.15, 0.2) is 5.82 Å². The van der Waals surface area contributed by atoms with Gasteiger partial charge in [-0.15, -0.1) is 0 Å². The molecule has 0 bridgehead atoms. The van der Waals surface area contributed by atoms with Gasteiger partial charge in [-0.2, -0.15) is 5.10 Å². The summed E-state index contributed by atoms with van der Waals surface area (Å²) in [5.41, 5.74) is 1.11. The van der Waals surface area contributed by atoms with E-state index in [0.29, 0.717) is 25.2 Å². The minimum atomic E-state index is -0.0496. The number of amides is 2. The van der Waals surface area contributed by atoms with Crippen molar-refractivity contribution in [2.45, 2.75) is 64.2 Å². The van der Waals surface area contributed by atoms with Crippen LogP contribution in [-0.4, -0.2) is 28.6 Å². The van der Waals surface area contributed by atoms with E-state index in [1.807, 2.05) is 6.07 Å². The molecule has 0 atom stereocenters. The Kier molecular flexibility index (Phi) is 5.88. The van der Waals surface area contributed by atoms with Crippen LogP contribution in [0.25, 0.3) is 0 Å². The van der Waals surface area contributed by atoms with Crippen LogP contribution >= 0.6 is 0 Å². The molecule has 2 amide bonds. The largest absolute Gasteiger partial charge is 0.356 e. The quantitative estimate of drug-likeness (QED) is 0.640. The summed E-state index contributed by atoms with van der Waals surface area (Å²) in [7, 11) is 0. The number of anilines is 1. The first kappa shape index (κ1) is 17.0. The summed E-state index contributed by atoms with van der Waals surface area (Å²) in [5.74, 6) is 1.66. The molecule has 2 aliphatic carbocycles. The van der Waals surface area contributed by atoms with Crippen molar-refractivity contribution in [1.82, 2.24) is 15.5 Å². The molecule has 132 valence electrons. The number of aromatic nitrogens is 2. The normalized spacial score (nSPS) is 18.3. The molecule has 3 N–H and O–H groups in total. The fourth-order valence-electron chi connectivity index (χ4n) is 3.39. The number of H-pyrrole nitrogens is 1. The van der Waals surface area contributed by atoms with Crippen LogP contribution in [0.4, 0.5) is 5.82 Å². The molecule has 2 aliphatic rings. The molecule has 0 unspecified atom stereocenters. The Morgan fingerprint density at radius 3 is 2.71 bits per heavy atom. The first-order chi connectivity index (χ1) is 11.7. The van der Waals surface area contributed by atoms with Crippen molar-refractivity contribution in [3.63, 3.8) is 0 Å². The van der Waals surface area contributed by atoms with Gasteiger partial charge in [0.25, 0.3) is 0 Å². The van der Waals surface area contributed by atoms with E-state index in [2.05, 4.69) is 20.8 Å². The van der Waals surface area contributed by atoms with Crippen LogP contribution in [0.2, 0.25) is 0 Å². The highest BCUT2D eigenvalue weighted by Crippen LogP contribution is 2.28. The maximum Gasteiger partial charge on any atom is 0.225 e. The lowest BCUT2D eigenvalue weighted by Gasteiger charge is -2.20. The van der Waals surface area contributed by atoms with Gasteiger partial charge in [-0.1, -0.05) is 32.1 Å². The van der Waals surface area contributed by atoms with E-state index in [1.54, 1.807) is 0 Å². The van der Waals surface area contributed by atoms with E-state index in [4.69, 9.17) is 0 Å². The van der Waals surface area contributed by atoms with Crippen LogP contribution in [0.15, 0.2) is 6.07 Å². The number of nitrogens with zero attached hydrogens (tertiary/aromatic N) is 1. The maximum atomic E-state index is 11.9. The summed E-state index contributed by atoms with van der Waals surface area (Å²) < 4.78 is 0. The molecule has 1 aromatic heterocycles. The first-order valence-electron chi connectivity index (χ1n) is 9.32. The van der Waals surface area contributed by atoms with Crippen molar-refractivity contribution in [3.05, 3.63) is 11.8 Å². The predicted octanol–water partition coefficient (Wildman–Crippen LogP) is 2.78. The topological polar surface area (TPSA) is 86.9 Å². The molecule has 0 aliphatic heterocycles. The Morgan fingerprint density at radius 2 is 1.96 bits per heavy atom. The second-order valence-corrected chi connectivity index (χ2v) is 7.20. The molecule has 0 aromatic carbocycles. The van der Waals surface area contributed by atoms with Crippen molar-refractivity contribution in [2.24, 2.45) is 11.8 Å². The zero-order chi connectivity index (χ0) is 16.8. The molecule has 1 aromatic rings. The number of carbonyl (C=O) groups is 2. The molecule has 6 heteroatoms. The number of aromatic amines is 1. The van der Waals surface area contributed by atoms with Gasteiger partial charge in [-0.05, 0) is 31.6 Å². The minimum absolute atomic E-state index is 0.0496. The number of hydrogen-bond acceptors (Lipinski definition) is 3. The fourth-order valence-corrected chi connectivity index (χ4v) is 3.39. The Balaban J connectivity index is 1.32. The summed E-state index contributed by atoms with van der Waals surface area (Å²) in [6, 6.07) is 1.95. The van der Waals surface area contributed by atoms with Crippen LogP contribution in [0.3, 0.4) is 0 Å². The van der Waals surface area contributed by atoms with Crippen molar-refractivity contribution >= 4 is 17.6 Å². The summed E-state index contributed by atoms with van der Waals surface area (Å²) in [6.07, 6.45) is 10.7. The molecule has 0 saturated heterocycles. The SMILES string of the molecule is O=C(CCCNC(=O)C1CC1)Nc1cc(CC2CCCCC2)[nH]n1. The number of carbonyl (C=O) groups excluding carboxylic acids is 2. The van der Waals surface area contributed by atoms with E-state index in [9.17, 15) is 9.59 Å². The van der Waals surface area contributed by atoms with Gasteiger partial charge in [0.2, 0.25) is 11.8 Å². The number of hydrogen-bond donors (Lipinski definition) is 3. The van der Waals surface area contributed by atoms with Crippen LogP contribution in [-0.2, 0) is 16.0 Å². The van der Waals surface area contributed by atoms with Crippen LogP contribution in [0.1, 0.15) is 63.5 Å². The van der Waals surface area contributed by atoms with E-state index < -0.39 is 0 Å². The summed E-state index contributed by atoms with van der Waals surface area (Å²) in [5, 5.41) is 12.9. The second kappa shape index (κ2) is 8.31. The van der Waals surface area contributed by atoms with Gasteiger partial charge in [0.1, 0.15) is 0 Å². The van der Waals surface area contributed by atoms with E-state index >= 15 is 0 Å². The monoisotopic (exact) mass is 332 g/mol. The van der Waals surface area contributed by atoms with Crippen molar-refractivity contribution in [2.75, 3.05) is 11.9 Å². The summed E-state index contributed by atoms with van der Waals surface area (Å²) in [4.78, 5) is 23.4. The van der Waals surface area contributed by atoms with Gasteiger partial charge < -0.3 is 10.6 Å². The Labute approximate surface area is 143 Å². The highest BCUT2D eigenvalue weighted by Gasteiger charge is 2.29. The summed E-state index contributed by atoms with van der Waals surface area (Å²) >= 11 is 0. The molecule has 2 fully saturated rings.